The molecular weight excluding hydrogens is 258 g/mol. The van der Waals surface area contributed by atoms with Crippen LogP contribution < -0.4 is 20.5 Å². The number of aromatic nitrogens is 2. The number of fused-ring (bicyclic) bond motifs is 1. The van der Waals surface area contributed by atoms with Crippen molar-refractivity contribution in [2.75, 3.05) is 26.6 Å². The van der Waals surface area contributed by atoms with Gasteiger partial charge in [-0.05, 0) is 0 Å². The van der Waals surface area contributed by atoms with Crippen molar-refractivity contribution in [1.29, 1.82) is 0 Å². The van der Waals surface area contributed by atoms with Crippen LogP contribution in [0.3, 0.4) is 0 Å². The van der Waals surface area contributed by atoms with Crippen molar-refractivity contribution in [2.24, 2.45) is 0 Å². The fourth-order valence-electron chi connectivity index (χ4n) is 1.78. The highest BCUT2D eigenvalue weighted by Gasteiger charge is 2.17. The predicted molar refractivity (Wildman–Crippen MR) is 70.0 cm³/mol. The lowest BCUT2D eigenvalue weighted by molar-refractivity contribution is 0.358. The third-order valence-electron chi connectivity index (χ3n) is 2.54. The van der Waals surface area contributed by atoms with Gasteiger partial charge in [-0.2, -0.15) is 4.98 Å². The second kappa shape index (κ2) is 4.73. The molecular formula is C11H12ClN3O3. The summed E-state index contributed by atoms with van der Waals surface area (Å²) in [5.41, 5.74) is -0.0281. The van der Waals surface area contributed by atoms with Gasteiger partial charge < -0.3 is 19.8 Å². The summed E-state index contributed by atoms with van der Waals surface area (Å²) < 4.78 is 10.5. The summed E-state index contributed by atoms with van der Waals surface area (Å²) in [7, 11) is 4.68. The molecule has 0 amide bonds. The SMILES string of the molecule is CNc1nc(=O)[nH]c2c(Cl)cc(OC)c(OC)c12. The van der Waals surface area contributed by atoms with Crippen LogP contribution >= 0.6 is 11.6 Å². The Bertz CT molecular complexity index is 654. The fraction of sp³-hybridized carbons (Fsp3) is 0.273. The molecule has 18 heavy (non-hydrogen) atoms. The largest absolute Gasteiger partial charge is 0.493 e. The monoisotopic (exact) mass is 269 g/mol. The number of H-pyrrole nitrogens is 1. The highest BCUT2D eigenvalue weighted by Crippen LogP contribution is 2.41. The first-order valence-electron chi connectivity index (χ1n) is 5.14. The van der Waals surface area contributed by atoms with Gasteiger partial charge in [-0.15, -0.1) is 0 Å². The summed E-state index contributed by atoms with van der Waals surface area (Å²) in [4.78, 5) is 17.8. The van der Waals surface area contributed by atoms with E-state index in [4.69, 9.17) is 21.1 Å². The van der Waals surface area contributed by atoms with Gasteiger partial charge in [0.15, 0.2) is 11.5 Å². The minimum Gasteiger partial charge on any atom is -0.493 e. The number of nitrogens with zero attached hydrogens (tertiary/aromatic N) is 1. The van der Waals surface area contributed by atoms with Gasteiger partial charge in [0.25, 0.3) is 0 Å². The zero-order valence-electron chi connectivity index (χ0n) is 10.1. The van der Waals surface area contributed by atoms with Crippen molar-refractivity contribution in [1.82, 2.24) is 9.97 Å². The molecule has 96 valence electrons. The topological polar surface area (TPSA) is 76.2 Å². The molecule has 0 saturated heterocycles. The molecule has 2 aromatic rings. The van der Waals surface area contributed by atoms with Gasteiger partial charge >= 0.3 is 5.69 Å². The number of methoxy groups -OCH3 is 2. The third kappa shape index (κ3) is 1.84. The minimum absolute atomic E-state index is 0.360. The van der Waals surface area contributed by atoms with Crippen molar-refractivity contribution >= 4 is 28.3 Å². The minimum atomic E-state index is -0.485. The van der Waals surface area contributed by atoms with Gasteiger partial charge in [-0.25, -0.2) is 4.79 Å². The number of benzene rings is 1. The number of anilines is 1. The van der Waals surface area contributed by atoms with Crippen LogP contribution in [0.5, 0.6) is 11.5 Å². The van der Waals surface area contributed by atoms with E-state index in [2.05, 4.69) is 15.3 Å². The van der Waals surface area contributed by atoms with Gasteiger partial charge in [0.1, 0.15) is 5.82 Å². The van der Waals surface area contributed by atoms with Crippen molar-refractivity contribution in [3.63, 3.8) is 0 Å². The molecule has 0 bridgehead atoms. The van der Waals surface area contributed by atoms with E-state index >= 15 is 0 Å². The number of aromatic amines is 1. The quantitative estimate of drug-likeness (QED) is 0.886. The molecule has 0 aliphatic heterocycles. The van der Waals surface area contributed by atoms with Crippen LogP contribution in [0.25, 0.3) is 10.9 Å². The summed E-state index contributed by atoms with van der Waals surface area (Å²) in [5.74, 6) is 1.32. The molecule has 1 heterocycles. The van der Waals surface area contributed by atoms with E-state index in [9.17, 15) is 4.79 Å². The molecule has 2 N–H and O–H groups in total. The molecule has 0 saturated carbocycles. The number of halogens is 1. The third-order valence-corrected chi connectivity index (χ3v) is 2.84. The summed E-state index contributed by atoms with van der Waals surface area (Å²) in [6.07, 6.45) is 0. The Morgan fingerprint density at radius 3 is 2.67 bits per heavy atom. The van der Waals surface area contributed by atoms with Crippen LogP contribution in [0.2, 0.25) is 5.02 Å². The van der Waals surface area contributed by atoms with Crippen molar-refractivity contribution in [3.8, 4) is 11.5 Å². The van der Waals surface area contributed by atoms with E-state index in [1.54, 1.807) is 13.1 Å². The Hall–Kier alpha value is -1.95. The number of hydrogen-bond acceptors (Lipinski definition) is 5. The van der Waals surface area contributed by atoms with E-state index in [-0.39, 0.29) is 0 Å². The average molecular weight is 270 g/mol. The maximum atomic E-state index is 11.4. The van der Waals surface area contributed by atoms with Crippen LogP contribution in [0.4, 0.5) is 5.82 Å². The molecule has 0 unspecified atom stereocenters. The van der Waals surface area contributed by atoms with Crippen LogP contribution in [0.15, 0.2) is 10.9 Å². The van der Waals surface area contributed by atoms with Crippen molar-refractivity contribution < 1.29 is 9.47 Å². The molecule has 0 fully saturated rings. The molecule has 0 spiro atoms. The van der Waals surface area contributed by atoms with Gasteiger partial charge in [0.2, 0.25) is 0 Å². The molecule has 7 heteroatoms. The lowest BCUT2D eigenvalue weighted by Gasteiger charge is -2.13. The molecule has 1 aromatic carbocycles. The van der Waals surface area contributed by atoms with Crippen LogP contribution in [-0.4, -0.2) is 31.2 Å². The Labute approximate surface area is 108 Å². The van der Waals surface area contributed by atoms with Crippen molar-refractivity contribution in [3.05, 3.63) is 21.6 Å². The normalized spacial score (nSPS) is 10.4. The second-order valence-corrected chi connectivity index (χ2v) is 3.89. The lowest BCUT2D eigenvalue weighted by atomic mass is 10.2. The fourth-order valence-corrected chi connectivity index (χ4v) is 2.03. The molecule has 0 atom stereocenters. The summed E-state index contributed by atoms with van der Waals surface area (Å²) in [6, 6.07) is 1.58. The highest BCUT2D eigenvalue weighted by atomic mass is 35.5. The average Bonchev–Trinajstić information content (AvgIpc) is 2.38. The zero-order valence-corrected chi connectivity index (χ0v) is 10.9. The molecule has 0 aliphatic carbocycles. The zero-order chi connectivity index (χ0) is 13.3. The highest BCUT2D eigenvalue weighted by molar-refractivity contribution is 6.36. The Balaban J connectivity index is 3.00. The Morgan fingerprint density at radius 2 is 2.11 bits per heavy atom. The van der Waals surface area contributed by atoms with E-state index in [0.29, 0.717) is 33.2 Å². The smallest absolute Gasteiger partial charge is 0.347 e. The van der Waals surface area contributed by atoms with Gasteiger partial charge in [-0.3, -0.25) is 0 Å². The molecule has 6 nitrogen and oxygen atoms in total. The standard InChI is InChI=1S/C11H12ClN3O3/c1-13-10-7-8(14-11(16)15-10)5(12)4-6(17-2)9(7)18-3/h4H,1-3H3,(H2,13,14,15,16). The van der Waals surface area contributed by atoms with Crippen LogP contribution in [0, 0.1) is 0 Å². The van der Waals surface area contributed by atoms with Crippen molar-refractivity contribution in [2.45, 2.75) is 0 Å². The molecule has 1 aromatic heterocycles. The second-order valence-electron chi connectivity index (χ2n) is 3.48. The predicted octanol–water partition coefficient (Wildman–Crippen LogP) is 1.64. The van der Waals surface area contributed by atoms with Crippen LogP contribution in [0.1, 0.15) is 0 Å². The van der Waals surface area contributed by atoms with Crippen LogP contribution in [-0.2, 0) is 0 Å². The number of hydrogen-bond donors (Lipinski definition) is 2. The first-order valence-corrected chi connectivity index (χ1v) is 5.52. The summed E-state index contributed by atoms with van der Waals surface area (Å²) in [6.45, 7) is 0. The molecule has 0 radical (unpaired) electrons. The van der Waals surface area contributed by atoms with Gasteiger partial charge in [0, 0.05) is 13.1 Å². The maximum Gasteiger partial charge on any atom is 0.347 e. The Morgan fingerprint density at radius 1 is 1.39 bits per heavy atom. The summed E-state index contributed by atoms with van der Waals surface area (Å²) >= 11 is 6.11. The van der Waals surface area contributed by atoms with E-state index in [1.165, 1.54) is 14.2 Å². The van der Waals surface area contributed by atoms with Gasteiger partial charge in [0.05, 0.1) is 30.1 Å². The lowest BCUT2D eigenvalue weighted by Crippen LogP contribution is -2.13. The van der Waals surface area contributed by atoms with E-state index in [0.717, 1.165) is 0 Å². The first-order chi connectivity index (χ1) is 8.62. The molecule has 2 rings (SSSR count). The Kier molecular flexibility index (Phi) is 3.29. The number of nitrogens with one attached hydrogen (secondary N) is 2. The molecule has 0 aliphatic rings. The van der Waals surface area contributed by atoms with Gasteiger partial charge in [-0.1, -0.05) is 11.6 Å². The first kappa shape index (κ1) is 12.5. The number of rotatable bonds is 3. The van der Waals surface area contributed by atoms with E-state index < -0.39 is 5.69 Å². The maximum absolute atomic E-state index is 11.4. The van der Waals surface area contributed by atoms with E-state index in [1.807, 2.05) is 0 Å². The summed E-state index contributed by atoms with van der Waals surface area (Å²) in [5, 5.41) is 3.77. The number of ether oxygens (including phenoxy) is 2.